The van der Waals surface area contributed by atoms with Crippen molar-refractivity contribution in [3.05, 3.63) is 17.5 Å². The van der Waals surface area contributed by atoms with Crippen LogP contribution in [0, 0.1) is 11.3 Å². The van der Waals surface area contributed by atoms with E-state index in [1.165, 1.54) is 6.42 Å². The monoisotopic (exact) mass is 266 g/mol. The van der Waals surface area contributed by atoms with Crippen LogP contribution in [0.3, 0.4) is 0 Å². The summed E-state index contributed by atoms with van der Waals surface area (Å²) in [6.07, 6.45) is 2.18. The third-order valence-corrected chi connectivity index (χ3v) is 4.89. The van der Waals surface area contributed by atoms with Gasteiger partial charge in [0.15, 0.2) is 5.76 Å². The maximum Gasteiger partial charge on any atom is 0.162 e. The summed E-state index contributed by atoms with van der Waals surface area (Å²) in [4.78, 5) is 2.55. The zero-order chi connectivity index (χ0) is 14.0. The molecule has 108 valence electrons. The van der Waals surface area contributed by atoms with Gasteiger partial charge in [-0.2, -0.15) is 0 Å². The average Bonchev–Trinajstić information content (AvgIpc) is 2.86. The number of hydrogen-bond acceptors (Lipinski definition) is 4. The number of aromatic nitrogens is 1. The van der Waals surface area contributed by atoms with Crippen molar-refractivity contribution in [2.24, 2.45) is 11.3 Å². The molecule has 1 aromatic rings. The lowest BCUT2D eigenvalue weighted by molar-refractivity contribution is -0.0592. The van der Waals surface area contributed by atoms with Gasteiger partial charge in [-0.15, -0.1) is 0 Å². The Morgan fingerprint density at radius 1 is 1.42 bits per heavy atom. The van der Waals surface area contributed by atoms with Crippen LogP contribution < -0.4 is 0 Å². The molecule has 0 aromatic carbocycles. The molecule has 1 N–H and O–H groups in total. The Balaban J connectivity index is 1.97. The van der Waals surface area contributed by atoms with Crippen molar-refractivity contribution in [1.29, 1.82) is 0 Å². The maximum absolute atomic E-state index is 9.00. The molecule has 0 amide bonds. The van der Waals surface area contributed by atoms with E-state index in [2.05, 4.69) is 37.8 Å². The molecular weight excluding hydrogens is 240 g/mol. The average molecular weight is 266 g/mol. The molecule has 4 heteroatoms. The normalized spacial score (nSPS) is 25.6. The van der Waals surface area contributed by atoms with E-state index in [1.807, 2.05) is 6.07 Å². The summed E-state index contributed by atoms with van der Waals surface area (Å²) in [5, 5.41) is 13.0. The molecule has 0 aliphatic heterocycles. The van der Waals surface area contributed by atoms with E-state index < -0.39 is 0 Å². The Labute approximate surface area is 115 Å². The molecule has 0 unspecified atom stereocenters. The maximum atomic E-state index is 9.00. The van der Waals surface area contributed by atoms with E-state index in [0.29, 0.717) is 23.1 Å². The molecule has 1 aliphatic carbocycles. The zero-order valence-electron chi connectivity index (χ0n) is 12.5. The molecular formula is C15H26N2O2. The van der Waals surface area contributed by atoms with Crippen molar-refractivity contribution in [3.8, 4) is 0 Å². The molecule has 1 aliphatic rings. The lowest BCUT2D eigenvalue weighted by atomic mass is 9.56. The van der Waals surface area contributed by atoms with E-state index >= 15 is 0 Å². The summed E-state index contributed by atoms with van der Waals surface area (Å²) in [5.41, 5.74) is 1.30. The summed E-state index contributed by atoms with van der Waals surface area (Å²) < 4.78 is 5.06. The Morgan fingerprint density at radius 2 is 2.11 bits per heavy atom. The minimum Gasteiger partial charge on any atom is -0.388 e. The Morgan fingerprint density at radius 3 is 2.58 bits per heavy atom. The van der Waals surface area contributed by atoms with Gasteiger partial charge in [-0.05, 0) is 37.3 Å². The lowest BCUT2D eigenvalue weighted by Crippen LogP contribution is -2.58. The van der Waals surface area contributed by atoms with Gasteiger partial charge in [0.2, 0.25) is 0 Å². The Bertz CT molecular complexity index is 410. The van der Waals surface area contributed by atoms with Crippen molar-refractivity contribution in [1.82, 2.24) is 10.1 Å². The van der Waals surface area contributed by atoms with Crippen LogP contribution in [0.15, 0.2) is 10.6 Å². The molecule has 1 aromatic heterocycles. The van der Waals surface area contributed by atoms with Gasteiger partial charge in [0.25, 0.3) is 0 Å². The first-order valence-electron chi connectivity index (χ1n) is 7.32. The van der Waals surface area contributed by atoms with Gasteiger partial charge in [-0.3, -0.25) is 0 Å². The van der Waals surface area contributed by atoms with Crippen molar-refractivity contribution >= 4 is 0 Å². The highest BCUT2D eigenvalue weighted by Gasteiger charge is 2.49. The highest BCUT2D eigenvalue weighted by Crippen LogP contribution is 2.50. The molecule has 0 saturated heterocycles. The molecule has 1 saturated carbocycles. The van der Waals surface area contributed by atoms with Crippen molar-refractivity contribution < 1.29 is 9.63 Å². The minimum atomic E-state index is -0.0663. The van der Waals surface area contributed by atoms with Gasteiger partial charge in [0.05, 0.1) is 5.69 Å². The zero-order valence-corrected chi connectivity index (χ0v) is 12.5. The molecule has 0 bridgehead atoms. The van der Waals surface area contributed by atoms with Crippen LogP contribution in [0.2, 0.25) is 0 Å². The molecule has 1 fully saturated rings. The second kappa shape index (κ2) is 5.63. The van der Waals surface area contributed by atoms with Gasteiger partial charge in [-0.1, -0.05) is 32.9 Å². The minimum absolute atomic E-state index is 0.0663. The van der Waals surface area contributed by atoms with E-state index in [9.17, 15) is 0 Å². The third-order valence-electron chi connectivity index (χ3n) is 4.89. The summed E-state index contributed by atoms with van der Waals surface area (Å²) in [6, 6.07) is 2.55. The third kappa shape index (κ3) is 2.70. The molecule has 4 nitrogen and oxygen atoms in total. The number of rotatable bonds is 6. The first-order chi connectivity index (χ1) is 9.02. The predicted molar refractivity (Wildman–Crippen MR) is 74.7 cm³/mol. The van der Waals surface area contributed by atoms with Crippen LogP contribution in [0.1, 0.15) is 45.6 Å². The van der Waals surface area contributed by atoms with Gasteiger partial charge >= 0.3 is 0 Å². The number of nitrogens with zero attached hydrogens (tertiary/aromatic N) is 2. The van der Waals surface area contributed by atoms with Gasteiger partial charge < -0.3 is 14.5 Å². The number of aliphatic hydroxyl groups excluding tert-OH is 1. The predicted octanol–water partition coefficient (Wildman–Crippen LogP) is 2.47. The second-order valence-electron chi connectivity index (χ2n) is 6.14. The fraction of sp³-hybridized carbons (Fsp3) is 0.800. The molecule has 1 heterocycles. The van der Waals surface area contributed by atoms with Crippen molar-refractivity contribution in [2.45, 2.75) is 53.2 Å². The largest absolute Gasteiger partial charge is 0.388 e. The number of hydrogen-bond donors (Lipinski definition) is 1. The summed E-state index contributed by atoms with van der Waals surface area (Å²) in [6.45, 7) is 11.4. The fourth-order valence-corrected chi connectivity index (χ4v) is 3.40. The first-order valence-corrected chi connectivity index (χ1v) is 7.32. The quantitative estimate of drug-likeness (QED) is 0.859. The van der Waals surface area contributed by atoms with Crippen LogP contribution in [0.4, 0.5) is 0 Å². The second-order valence-corrected chi connectivity index (χ2v) is 6.14. The fourth-order valence-electron chi connectivity index (χ4n) is 3.40. The molecule has 0 spiro atoms. The topological polar surface area (TPSA) is 49.5 Å². The van der Waals surface area contributed by atoms with Crippen LogP contribution in [0.5, 0.6) is 0 Å². The van der Waals surface area contributed by atoms with E-state index in [1.54, 1.807) is 0 Å². The standard InChI is InChI=1S/C15H26N2O2/c1-5-17(6-2)14-8-11(15(14,3)4)7-12-9-13(10-18)19-16-12/h9,11,14,18H,5-8,10H2,1-4H3/t11-,14+/m1/s1. The van der Waals surface area contributed by atoms with Crippen molar-refractivity contribution in [3.63, 3.8) is 0 Å². The molecule has 0 radical (unpaired) electrons. The summed E-state index contributed by atoms with van der Waals surface area (Å²) in [5.74, 6) is 1.21. The van der Waals surface area contributed by atoms with Crippen molar-refractivity contribution in [2.75, 3.05) is 13.1 Å². The van der Waals surface area contributed by atoms with Gasteiger partial charge in [0, 0.05) is 12.1 Å². The van der Waals surface area contributed by atoms with Crippen LogP contribution >= 0.6 is 0 Å². The lowest BCUT2D eigenvalue weighted by Gasteiger charge is -2.56. The van der Waals surface area contributed by atoms with E-state index in [4.69, 9.17) is 9.63 Å². The van der Waals surface area contributed by atoms with E-state index in [0.717, 1.165) is 25.2 Å². The van der Waals surface area contributed by atoms with Gasteiger partial charge in [-0.25, -0.2) is 0 Å². The van der Waals surface area contributed by atoms with Crippen LogP contribution in [-0.2, 0) is 13.0 Å². The first kappa shape index (κ1) is 14.5. The highest BCUT2D eigenvalue weighted by molar-refractivity contribution is 5.11. The molecule has 2 atom stereocenters. The number of aliphatic hydroxyl groups is 1. The van der Waals surface area contributed by atoms with Crippen LogP contribution in [0.25, 0.3) is 0 Å². The van der Waals surface area contributed by atoms with Crippen LogP contribution in [-0.4, -0.2) is 34.3 Å². The highest BCUT2D eigenvalue weighted by atomic mass is 16.5. The smallest absolute Gasteiger partial charge is 0.162 e. The molecule has 19 heavy (non-hydrogen) atoms. The summed E-state index contributed by atoms with van der Waals surface area (Å²) in [7, 11) is 0. The SMILES string of the molecule is CCN(CC)[C@H]1C[C@@H](Cc2cc(CO)on2)C1(C)C. The van der Waals surface area contributed by atoms with E-state index in [-0.39, 0.29) is 6.61 Å². The molecule has 2 rings (SSSR count). The Kier molecular flexibility index (Phi) is 4.31. The Hall–Kier alpha value is -0.870. The summed E-state index contributed by atoms with van der Waals surface area (Å²) >= 11 is 0. The van der Waals surface area contributed by atoms with Gasteiger partial charge in [0.1, 0.15) is 6.61 Å².